The zero-order valence-electron chi connectivity index (χ0n) is 10.7. The van der Waals surface area contributed by atoms with Crippen LogP contribution in [0.15, 0.2) is 18.2 Å². The Bertz CT molecular complexity index is 416. The van der Waals surface area contributed by atoms with E-state index in [1.807, 2.05) is 0 Å². The van der Waals surface area contributed by atoms with Crippen LogP contribution in [0.25, 0.3) is 0 Å². The third-order valence-corrected chi connectivity index (χ3v) is 4.87. The Morgan fingerprint density at radius 1 is 1.18 bits per heavy atom. The predicted molar refractivity (Wildman–Crippen MR) is 70.3 cm³/mol. The molecule has 1 N–H and O–H groups in total. The number of aliphatic hydroxyl groups excluding tert-OH is 1. The summed E-state index contributed by atoms with van der Waals surface area (Å²) in [4.78, 5) is 0. The number of fused-ring (bicyclic) bond motifs is 2. The molecule has 1 fully saturated rings. The van der Waals surface area contributed by atoms with Crippen molar-refractivity contribution in [2.24, 2.45) is 0 Å². The highest BCUT2D eigenvalue weighted by atomic mass is 16.3. The van der Waals surface area contributed by atoms with Gasteiger partial charge < -0.3 is 5.11 Å². The molecule has 1 nitrogen and oxygen atoms in total. The van der Waals surface area contributed by atoms with Gasteiger partial charge in [-0.05, 0) is 43.7 Å². The molecule has 1 saturated carbocycles. The minimum absolute atomic E-state index is 0.0951. The van der Waals surface area contributed by atoms with E-state index in [9.17, 15) is 5.11 Å². The number of aliphatic hydroxyl groups is 1. The van der Waals surface area contributed by atoms with Gasteiger partial charge in [0.05, 0.1) is 6.10 Å². The number of benzene rings is 1. The topological polar surface area (TPSA) is 20.2 Å². The van der Waals surface area contributed by atoms with E-state index in [0.29, 0.717) is 0 Å². The average Bonchev–Trinajstić information content (AvgIpc) is 2.36. The molecule has 1 aromatic carbocycles. The van der Waals surface area contributed by atoms with Crippen molar-refractivity contribution in [2.45, 2.75) is 63.4 Å². The highest BCUT2D eigenvalue weighted by Crippen LogP contribution is 2.47. The summed E-state index contributed by atoms with van der Waals surface area (Å²) < 4.78 is 0. The molecule has 92 valence electrons. The molecule has 1 atom stereocenters. The van der Waals surface area contributed by atoms with Crippen LogP contribution in [0.1, 0.15) is 55.2 Å². The van der Waals surface area contributed by atoms with Crippen LogP contribution in [-0.4, -0.2) is 11.2 Å². The first-order chi connectivity index (χ1) is 8.22. The second kappa shape index (κ2) is 4.13. The molecule has 2 aliphatic carbocycles. The maximum absolute atomic E-state index is 10.5. The number of aryl methyl sites for hydroxylation is 2. The molecule has 0 heterocycles. The van der Waals surface area contributed by atoms with Crippen LogP contribution < -0.4 is 0 Å². The molecule has 0 saturated heterocycles. The van der Waals surface area contributed by atoms with Gasteiger partial charge in [-0.25, -0.2) is 0 Å². The lowest BCUT2D eigenvalue weighted by molar-refractivity contribution is 0.0390. The van der Waals surface area contributed by atoms with E-state index in [1.165, 1.54) is 48.8 Å². The lowest BCUT2D eigenvalue weighted by atomic mass is 9.61. The number of rotatable bonds is 0. The average molecular weight is 230 g/mol. The Balaban J connectivity index is 2.11. The van der Waals surface area contributed by atoms with Crippen LogP contribution in [0, 0.1) is 6.92 Å². The van der Waals surface area contributed by atoms with Gasteiger partial charge in [-0.2, -0.15) is 0 Å². The molecule has 0 bridgehead atoms. The van der Waals surface area contributed by atoms with Gasteiger partial charge in [-0.1, -0.05) is 43.0 Å². The van der Waals surface area contributed by atoms with Crippen molar-refractivity contribution in [3.8, 4) is 0 Å². The Hall–Kier alpha value is -0.820. The highest BCUT2D eigenvalue weighted by molar-refractivity contribution is 5.41. The van der Waals surface area contributed by atoms with Crippen LogP contribution in [0.3, 0.4) is 0 Å². The fourth-order valence-electron chi connectivity index (χ4n) is 3.91. The van der Waals surface area contributed by atoms with Crippen LogP contribution in [-0.2, 0) is 11.8 Å². The van der Waals surface area contributed by atoms with Crippen molar-refractivity contribution in [1.29, 1.82) is 0 Å². The third kappa shape index (κ3) is 1.72. The van der Waals surface area contributed by atoms with Gasteiger partial charge in [-0.15, -0.1) is 0 Å². The first-order valence-electron chi connectivity index (χ1n) is 7.00. The molecular weight excluding hydrogens is 208 g/mol. The van der Waals surface area contributed by atoms with Gasteiger partial charge in [0.2, 0.25) is 0 Å². The minimum Gasteiger partial charge on any atom is -0.392 e. The van der Waals surface area contributed by atoms with Gasteiger partial charge in [0.15, 0.2) is 0 Å². The van der Waals surface area contributed by atoms with E-state index < -0.39 is 0 Å². The predicted octanol–water partition coefficient (Wildman–Crippen LogP) is 3.50. The van der Waals surface area contributed by atoms with Crippen LogP contribution >= 0.6 is 0 Å². The van der Waals surface area contributed by atoms with Crippen molar-refractivity contribution in [3.05, 3.63) is 34.9 Å². The SMILES string of the molecule is Cc1ccc2c(c1)C1(CCCCC1)C(O)CC2. The van der Waals surface area contributed by atoms with Crippen molar-refractivity contribution in [2.75, 3.05) is 0 Å². The molecule has 1 unspecified atom stereocenters. The molecular formula is C16H22O. The third-order valence-electron chi connectivity index (χ3n) is 4.87. The van der Waals surface area contributed by atoms with E-state index in [4.69, 9.17) is 0 Å². The molecule has 1 heteroatoms. The van der Waals surface area contributed by atoms with Crippen LogP contribution in [0.2, 0.25) is 0 Å². The summed E-state index contributed by atoms with van der Waals surface area (Å²) in [6.07, 6.45) is 8.17. The summed E-state index contributed by atoms with van der Waals surface area (Å²) in [6, 6.07) is 6.84. The maximum Gasteiger partial charge on any atom is 0.0640 e. The van der Waals surface area contributed by atoms with Crippen molar-refractivity contribution >= 4 is 0 Å². The Morgan fingerprint density at radius 2 is 1.94 bits per heavy atom. The minimum atomic E-state index is -0.114. The number of hydrogen-bond acceptors (Lipinski definition) is 1. The molecule has 0 amide bonds. The molecule has 0 aromatic heterocycles. The van der Waals surface area contributed by atoms with Gasteiger partial charge in [0, 0.05) is 5.41 Å². The summed E-state index contributed by atoms with van der Waals surface area (Å²) in [5, 5.41) is 10.5. The van der Waals surface area contributed by atoms with Crippen molar-refractivity contribution < 1.29 is 5.11 Å². The zero-order valence-corrected chi connectivity index (χ0v) is 10.7. The van der Waals surface area contributed by atoms with Gasteiger partial charge in [0.1, 0.15) is 0 Å². The molecule has 3 rings (SSSR count). The first kappa shape index (κ1) is 11.3. The van der Waals surface area contributed by atoms with E-state index in [1.54, 1.807) is 0 Å². The highest BCUT2D eigenvalue weighted by Gasteiger charge is 2.43. The summed E-state index contributed by atoms with van der Waals surface area (Å²) >= 11 is 0. The molecule has 17 heavy (non-hydrogen) atoms. The van der Waals surface area contributed by atoms with Gasteiger partial charge in [0.25, 0.3) is 0 Å². The normalized spacial score (nSPS) is 26.8. The second-order valence-electron chi connectivity index (χ2n) is 5.93. The first-order valence-corrected chi connectivity index (χ1v) is 7.00. The largest absolute Gasteiger partial charge is 0.392 e. The van der Waals surface area contributed by atoms with Crippen LogP contribution in [0.4, 0.5) is 0 Å². The Kier molecular flexibility index (Phi) is 2.74. The van der Waals surface area contributed by atoms with E-state index >= 15 is 0 Å². The Morgan fingerprint density at radius 3 is 2.71 bits per heavy atom. The van der Waals surface area contributed by atoms with Gasteiger partial charge >= 0.3 is 0 Å². The zero-order chi connectivity index (χ0) is 11.9. The molecule has 0 aliphatic heterocycles. The fourth-order valence-corrected chi connectivity index (χ4v) is 3.91. The fraction of sp³-hybridized carbons (Fsp3) is 0.625. The van der Waals surface area contributed by atoms with E-state index in [2.05, 4.69) is 25.1 Å². The quantitative estimate of drug-likeness (QED) is 0.723. The standard InChI is InChI=1S/C16H22O/c1-12-5-6-13-7-8-15(17)16(14(13)11-12)9-3-2-4-10-16/h5-6,11,15,17H,2-4,7-10H2,1H3. The monoisotopic (exact) mass is 230 g/mol. The van der Waals surface area contributed by atoms with Crippen LogP contribution in [0.5, 0.6) is 0 Å². The van der Waals surface area contributed by atoms with Crippen molar-refractivity contribution in [1.82, 2.24) is 0 Å². The Labute approximate surface area is 104 Å². The summed E-state index contributed by atoms with van der Waals surface area (Å²) in [5.74, 6) is 0. The molecule has 0 radical (unpaired) electrons. The summed E-state index contributed by atoms with van der Waals surface area (Å²) in [5.41, 5.74) is 4.39. The summed E-state index contributed by atoms with van der Waals surface area (Å²) in [7, 11) is 0. The molecule has 1 spiro atoms. The van der Waals surface area contributed by atoms with Gasteiger partial charge in [-0.3, -0.25) is 0 Å². The van der Waals surface area contributed by atoms with E-state index in [-0.39, 0.29) is 11.5 Å². The second-order valence-corrected chi connectivity index (χ2v) is 5.93. The van der Waals surface area contributed by atoms with E-state index in [0.717, 1.165) is 12.8 Å². The molecule has 1 aromatic rings. The lowest BCUT2D eigenvalue weighted by Crippen LogP contribution is -2.45. The number of hydrogen-bond donors (Lipinski definition) is 1. The van der Waals surface area contributed by atoms with Crippen molar-refractivity contribution in [3.63, 3.8) is 0 Å². The smallest absolute Gasteiger partial charge is 0.0640 e. The maximum atomic E-state index is 10.5. The molecule has 2 aliphatic rings. The summed E-state index contributed by atoms with van der Waals surface area (Å²) in [6.45, 7) is 2.16. The lowest BCUT2D eigenvalue weighted by Gasteiger charge is -2.46.